The van der Waals surface area contributed by atoms with Gasteiger partial charge in [0.15, 0.2) is 6.10 Å². The Kier molecular flexibility index (Phi) is 8.99. The van der Waals surface area contributed by atoms with Crippen LogP contribution in [-0.4, -0.2) is 98.6 Å². The van der Waals surface area contributed by atoms with E-state index in [1.165, 1.54) is 0 Å². The molecule has 0 aromatic carbocycles. The predicted octanol–water partition coefficient (Wildman–Crippen LogP) is 3.02. The van der Waals surface area contributed by atoms with E-state index in [2.05, 4.69) is 14.2 Å². The summed E-state index contributed by atoms with van der Waals surface area (Å²) in [4.78, 5) is 34.9. The second-order valence-corrected chi connectivity index (χ2v) is 11.6. The first-order chi connectivity index (χ1) is 19.6. The van der Waals surface area contributed by atoms with Gasteiger partial charge < -0.3 is 23.7 Å². The molecule has 1 heterocycles. The molecule has 254 valence electrons. The highest BCUT2D eigenvalue weighted by Crippen LogP contribution is 2.57. The molecular formula is C20H18F12O11S. The molecule has 0 radical (unpaired) electrons. The summed E-state index contributed by atoms with van der Waals surface area (Å²) in [7, 11) is -6.36. The van der Waals surface area contributed by atoms with Crippen molar-refractivity contribution >= 4 is 28.0 Å². The SMILES string of the molecule is O=C(OCC1(COC(=O)C(F)(F)C(F)(F)F)COC2(OC1)C1CCC(C1)C2OC(=O)C(F)(F)S(=O)(=O)O)C(F)(F)C(F)(F)F. The van der Waals surface area contributed by atoms with Crippen LogP contribution in [0.2, 0.25) is 0 Å². The van der Waals surface area contributed by atoms with Crippen LogP contribution >= 0.6 is 0 Å². The molecule has 2 saturated carbocycles. The van der Waals surface area contributed by atoms with Crippen molar-refractivity contribution in [2.24, 2.45) is 17.3 Å². The van der Waals surface area contributed by atoms with Crippen LogP contribution in [0.15, 0.2) is 0 Å². The number of hydrogen-bond donors (Lipinski definition) is 1. The molecule has 44 heavy (non-hydrogen) atoms. The summed E-state index contributed by atoms with van der Waals surface area (Å²) in [6.07, 6.45) is -14.7. The molecule has 24 heteroatoms. The Bertz CT molecular complexity index is 1210. The van der Waals surface area contributed by atoms with Crippen LogP contribution in [0.25, 0.3) is 0 Å². The Morgan fingerprint density at radius 1 is 0.750 bits per heavy atom. The maximum absolute atomic E-state index is 13.8. The second kappa shape index (κ2) is 11.0. The van der Waals surface area contributed by atoms with E-state index in [9.17, 15) is 75.5 Å². The fourth-order valence-electron chi connectivity index (χ4n) is 4.76. The smallest absolute Gasteiger partial charge is 0.460 e. The topological polar surface area (TPSA) is 152 Å². The van der Waals surface area contributed by atoms with Crippen LogP contribution in [0, 0.1) is 17.3 Å². The van der Waals surface area contributed by atoms with Crippen LogP contribution < -0.4 is 0 Å². The lowest BCUT2D eigenvalue weighted by Crippen LogP contribution is -2.62. The van der Waals surface area contributed by atoms with Gasteiger partial charge in [-0.3, -0.25) is 4.55 Å². The molecule has 3 atom stereocenters. The highest BCUT2D eigenvalue weighted by molar-refractivity contribution is 7.87. The van der Waals surface area contributed by atoms with Gasteiger partial charge in [0.2, 0.25) is 5.79 Å². The molecule has 3 rings (SSSR count). The summed E-state index contributed by atoms with van der Waals surface area (Å²) in [5.74, 6) is -25.8. The van der Waals surface area contributed by atoms with E-state index in [0.29, 0.717) is 0 Å². The van der Waals surface area contributed by atoms with Gasteiger partial charge in [-0.1, -0.05) is 0 Å². The van der Waals surface area contributed by atoms with Crippen LogP contribution in [0.1, 0.15) is 19.3 Å². The van der Waals surface area contributed by atoms with Crippen LogP contribution in [0.4, 0.5) is 52.7 Å². The molecule has 3 unspecified atom stereocenters. The summed E-state index contributed by atoms with van der Waals surface area (Å²) in [6, 6.07) is 0. The van der Waals surface area contributed by atoms with Gasteiger partial charge in [-0.25, -0.2) is 14.4 Å². The molecule has 1 spiro atoms. The fraction of sp³-hybridized carbons (Fsp3) is 0.850. The zero-order valence-corrected chi connectivity index (χ0v) is 22.0. The van der Waals surface area contributed by atoms with Gasteiger partial charge in [0.05, 0.1) is 18.6 Å². The minimum atomic E-state index is -6.51. The molecule has 3 fully saturated rings. The predicted molar refractivity (Wildman–Crippen MR) is 108 cm³/mol. The molecular weight excluding hydrogens is 676 g/mol. The van der Waals surface area contributed by atoms with Crippen molar-refractivity contribution in [1.29, 1.82) is 0 Å². The molecule has 1 aliphatic heterocycles. The average Bonchev–Trinajstić information content (AvgIpc) is 3.47. The second-order valence-electron chi connectivity index (χ2n) is 10.2. The maximum Gasteiger partial charge on any atom is 0.465 e. The zero-order valence-electron chi connectivity index (χ0n) is 21.2. The van der Waals surface area contributed by atoms with Gasteiger partial charge in [-0.2, -0.15) is 61.1 Å². The lowest BCUT2D eigenvalue weighted by molar-refractivity contribution is -0.362. The number of carbonyl (C=O) groups excluding carboxylic acids is 3. The highest BCUT2D eigenvalue weighted by Gasteiger charge is 2.69. The van der Waals surface area contributed by atoms with Crippen molar-refractivity contribution in [3.63, 3.8) is 0 Å². The minimum Gasteiger partial charge on any atom is -0.460 e. The first kappa shape index (κ1) is 35.9. The standard InChI is InChI=1S/C20H18F12O11S/c21-16(22,19(27,28)29)11(33)39-4-14(5-40-12(34)17(23,24)20(30,31)32)6-41-15(42-7-14)9-2-1-8(3-9)10(15)43-13(35)18(25,26)44(36,37)38/h8-10H,1-7H2,(H,36,37,38). The van der Waals surface area contributed by atoms with Crippen molar-refractivity contribution in [1.82, 2.24) is 0 Å². The molecule has 1 N–H and O–H groups in total. The van der Waals surface area contributed by atoms with E-state index in [1.807, 2.05) is 0 Å². The van der Waals surface area contributed by atoms with Gasteiger partial charge in [0, 0.05) is 11.8 Å². The Morgan fingerprint density at radius 3 is 1.57 bits per heavy atom. The highest BCUT2D eigenvalue weighted by atomic mass is 32.2. The average molecular weight is 694 g/mol. The molecule has 2 aliphatic carbocycles. The Hall–Kier alpha value is -2.60. The number of alkyl halides is 12. The number of halogens is 12. The lowest BCUT2D eigenvalue weighted by atomic mass is 9.86. The minimum absolute atomic E-state index is 0.0397. The van der Waals surface area contributed by atoms with E-state index in [4.69, 9.17) is 14.0 Å². The molecule has 2 bridgehead atoms. The van der Waals surface area contributed by atoms with Crippen molar-refractivity contribution in [3.05, 3.63) is 0 Å². The first-order valence-electron chi connectivity index (χ1n) is 11.7. The molecule has 3 aliphatic rings. The molecule has 0 aromatic heterocycles. The van der Waals surface area contributed by atoms with Crippen molar-refractivity contribution in [3.8, 4) is 0 Å². The third kappa shape index (κ3) is 6.12. The Balaban J connectivity index is 1.87. The third-order valence-corrected chi connectivity index (χ3v) is 7.93. The van der Waals surface area contributed by atoms with E-state index in [1.54, 1.807) is 0 Å². The van der Waals surface area contributed by atoms with Crippen molar-refractivity contribution in [2.45, 2.75) is 60.6 Å². The van der Waals surface area contributed by atoms with Crippen LogP contribution in [0.3, 0.4) is 0 Å². The van der Waals surface area contributed by atoms with Gasteiger partial charge >= 0.3 is 57.5 Å². The normalized spacial score (nSPS) is 25.5. The van der Waals surface area contributed by atoms with E-state index < -0.39 is 113 Å². The Labute approximate surface area is 236 Å². The first-order valence-corrected chi connectivity index (χ1v) is 13.2. The number of esters is 3. The van der Waals surface area contributed by atoms with Crippen molar-refractivity contribution in [2.75, 3.05) is 26.4 Å². The van der Waals surface area contributed by atoms with Crippen LogP contribution in [0.5, 0.6) is 0 Å². The number of rotatable bonds is 9. The monoisotopic (exact) mass is 694 g/mol. The summed E-state index contributed by atoms with van der Waals surface area (Å²) >= 11 is 0. The van der Waals surface area contributed by atoms with Gasteiger partial charge in [-0.05, 0) is 19.3 Å². The summed E-state index contributed by atoms with van der Waals surface area (Å²) in [5, 5.41) is -5.51. The van der Waals surface area contributed by atoms with Crippen molar-refractivity contribution < 1.29 is 104 Å². The maximum atomic E-state index is 13.8. The van der Waals surface area contributed by atoms with Gasteiger partial charge in [-0.15, -0.1) is 0 Å². The molecule has 1 saturated heterocycles. The summed E-state index contributed by atoms with van der Waals surface area (Å²) < 4.78 is 210. The lowest BCUT2D eigenvalue weighted by Gasteiger charge is -2.49. The zero-order chi connectivity index (χ0) is 33.9. The summed E-state index contributed by atoms with van der Waals surface area (Å²) in [6.45, 7) is -6.07. The number of carbonyl (C=O) groups is 3. The molecule has 0 aromatic rings. The van der Waals surface area contributed by atoms with Gasteiger partial charge in [0.1, 0.15) is 13.2 Å². The third-order valence-electron chi connectivity index (χ3n) is 7.11. The largest absolute Gasteiger partial charge is 0.465 e. The number of ether oxygens (including phenoxy) is 5. The quantitative estimate of drug-likeness (QED) is 0.164. The van der Waals surface area contributed by atoms with E-state index in [-0.39, 0.29) is 19.3 Å². The fourth-order valence-corrected chi connectivity index (χ4v) is 5.02. The van der Waals surface area contributed by atoms with Gasteiger partial charge in [0.25, 0.3) is 0 Å². The van der Waals surface area contributed by atoms with Crippen LogP contribution in [-0.2, 0) is 48.2 Å². The molecule has 11 nitrogen and oxygen atoms in total. The summed E-state index contributed by atoms with van der Waals surface area (Å²) in [5.41, 5.74) is -2.60. The van der Waals surface area contributed by atoms with E-state index in [0.717, 1.165) is 0 Å². The molecule has 0 amide bonds. The van der Waals surface area contributed by atoms with E-state index >= 15 is 0 Å². The number of fused-ring (bicyclic) bond motifs is 3. The Morgan fingerprint density at radius 2 is 1.18 bits per heavy atom. The number of hydrogen-bond acceptors (Lipinski definition) is 10.